The molecule has 2 aromatic carbocycles. The maximum atomic E-state index is 12.1. The monoisotopic (exact) mass is 412 g/mol. The van der Waals surface area contributed by atoms with Crippen LogP contribution in [0.2, 0.25) is 0 Å². The van der Waals surface area contributed by atoms with E-state index in [0.717, 1.165) is 16.9 Å². The first-order chi connectivity index (χ1) is 14.2. The minimum Gasteiger partial charge on any atom is -0.467 e. The molecular formula is C20H20N4O4S. The number of benzene rings is 2. The van der Waals surface area contributed by atoms with Crippen LogP contribution in [0.1, 0.15) is 27.0 Å². The number of carbonyl (C=O) groups excluding carboxylic acids is 1. The van der Waals surface area contributed by atoms with E-state index in [4.69, 9.17) is 19.9 Å². The Bertz CT molecular complexity index is 1020. The second-order valence-electron chi connectivity index (χ2n) is 6.43. The van der Waals surface area contributed by atoms with E-state index in [-0.39, 0.29) is 6.79 Å². The molecule has 0 aliphatic carbocycles. The van der Waals surface area contributed by atoms with Gasteiger partial charge in [0.1, 0.15) is 5.75 Å². The fourth-order valence-corrected chi connectivity index (χ4v) is 4.00. The maximum absolute atomic E-state index is 12.1. The van der Waals surface area contributed by atoms with Gasteiger partial charge in [0.05, 0.1) is 25.8 Å². The molecule has 1 aliphatic rings. The number of nitrogens with zero attached hydrogens (tertiary/aromatic N) is 3. The fourth-order valence-electron chi connectivity index (χ4n) is 3.10. The quantitative estimate of drug-likeness (QED) is 0.487. The van der Waals surface area contributed by atoms with Crippen LogP contribution in [-0.2, 0) is 28.4 Å². The standard InChI is InChI=1S/C20H20N4O4S/c1-26-18(25)14-7-15(17-16(8-14)10-27-12-28-17)9-24-19(21)22-23-20(24)29-11-13-5-3-2-4-6-13/h2-8H,9-12H2,1H3,(H2,21,22). The summed E-state index contributed by atoms with van der Waals surface area (Å²) >= 11 is 1.54. The normalized spacial score (nSPS) is 12.9. The number of esters is 1. The zero-order valence-corrected chi connectivity index (χ0v) is 16.6. The van der Waals surface area contributed by atoms with Gasteiger partial charge in [-0.2, -0.15) is 0 Å². The lowest BCUT2D eigenvalue weighted by Gasteiger charge is -2.22. The molecule has 1 aromatic heterocycles. The second kappa shape index (κ2) is 8.54. The summed E-state index contributed by atoms with van der Waals surface area (Å²) in [7, 11) is 1.35. The molecule has 3 aromatic rings. The maximum Gasteiger partial charge on any atom is 0.337 e. The van der Waals surface area contributed by atoms with Crippen LogP contribution < -0.4 is 10.5 Å². The third kappa shape index (κ3) is 4.20. The highest BCUT2D eigenvalue weighted by atomic mass is 32.2. The van der Waals surface area contributed by atoms with Gasteiger partial charge in [0.25, 0.3) is 0 Å². The molecule has 0 saturated heterocycles. The molecule has 2 heterocycles. The number of ether oxygens (including phenoxy) is 3. The molecule has 0 bridgehead atoms. The number of thioether (sulfide) groups is 1. The summed E-state index contributed by atoms with van der Waals surface area (Å²) in [6.45, 7) is 0.883. The van der Waals surface area contributed by atoms with Crippen molar-refractivity contribution in [2.45, 2.75) is 24.1 Å². The Labute approximate surface area is 172 Å². The van der Waals surface area contributed by atoms with Gasteiger partial charge in [0.15, 0.2) is 11.9 Å². The Morgan fingerprint density at radius 3 is 2.90 bits per heavy atom. The highest BCUT2D eigenvalue weighted by Crippen LogP contribution is 2.32. The van der Waals surface area contributed by atoms with Crippen molar-refractivity contribution in [3.8, 4) is 5.75 Å². The molecule has 8 nitrogen and oxygen atoms in total. The van der Waals surface area contributed by atoms with Gasteiger partial charge in [0, 0.05) is 16.9 Å². The number of rotatable bonds is 6. The van der Waals surface area contributed by atoms with Crippen LogP contribution in [0.15, 0.2) is 47.6 Å². The zero-order chi connectivity index (χ0) is 20.2. The Kier molecular flexibility index (Phi) is 5.68. The Morgan fingerprint density at radius 1 is 1.28 bits per heavy atom. The lowest BCUT2D eigenvalue weighted by Crippen LogP contribution is -2.17. The number of fused-ring (bicyclic) bond motifs is 1. The van der Waals surface area contributed by atoms with Crippen molar-refractivity contribution in [2.24, 2.45) is 0 Å². The average Bonchev–Trinajstić information content (AvgIpc) is 3.11. The van der Waals surface area contributed by atoms with Crippen molar-refractivity contribution in [3.63, 3.8) is 0 Å². The summed E-state index contributed by atoms with van der Waals surface area (Å²) < 4.78 is 17.7. The summed E-state index contributed by atoms with van der Waals surface area (Å²) in [5.74, 6) is 1.31. The summed E-state index contributed by atoms with van der Waals surface area (Å²) in [6.07, 6.45) is 0. The van der Waals surface area contributed by atoms with Crippen LogP contribution in [0, 0.1) is 0 Å². The highest BCUT2D eigenvalue weighted by molar-refractivity contribution is 7.98. The Balaban J connectivity index is 1.64. The molecule has 0 atom stereocenters. The van der Waals surface area contributed by atoms with E-state index in [1.165, 1.54) is 12.7 Å². The molecule has 1 aliphatic heterocycles. The number of carbonyl (C=O) groups is 1. The molecule has 0 spiro atoms. The smallest absolute Gasteiger partial charge is 0.337 e. The first-order valence-corrected chi connectivity index (χ1v) is 9.94. The van der Waals surface area contributed by atoms with Crippen molar-refractivity contribution in [1.82, 2.24) is 14.8 Å². The van der Waals surface area contributed by atoms with Gasteiger partial charge < -0.3 is 19.9 Å². The Hall–Kier alpha value is -3.04. The first kappa shape index (κ1) is 19.3. The van der Waals surface area contributed by atoms with Crippen LogP contribution in [0.3, 0.4) is 0 Å². The van der Waals surface area contributed by atoms with E-state index < -0.39 is 5.97 Å². The second-order valence-corrected chi connectivity index (χ2v) is 7.37. The average molecular weight is 412 g/mol. The van der Waals surface area contributed by atoms with Gasteiger partial charge in [-0.05, 0) is 17.7 Å². The van der Waals surface area contributed by atoms with Gasteiger partial charge in [0.2, 0.25) is 5.95 Å². The SMILES string of the molecule is COC(=O)c1cc2c(c(Cn3c(N)nnc3SCc3ccccc3)c1)OCOC2. The number of methoxy groups -OCH3 is 1. The van der Waals surface area contributed by atoms with Crippen LogP contribution in [0.4, 0.5) is 5.95 Å². The first-order valence-electron chi connectivity index (χ1n) is 8.95. The Morgan fingerprint density at radius 2 is 2.10 bits per heavy atom. The van der Waals surface area contributed by atoms with E-state index in [0.29, 0.717) is 35.6 Å². The minimum absolute atomic E-state index is 0.158. The number of aromatic nitrogens is 3. The number of anilines is 1. The number of hydrogen-bond acceptors (Lipinski definition) is 8. The lowest BCUT2D eigenvalue weighted by atomic mass is 10.0. The largest absolute Gasteiger partial charge is 0.467 e. The molecule has 0 saturated carbocycles. The molecule has 29 heavy (non-hydrogen) atoms. The van der Waals surface area contributed by atoms with Gasteiger partial charge in [-0.3, -0.25) is 4.57 Å². The number of nitrogen functional groups attached to an aromatic ring is 1. The molecule has 0 radical (unpaired) electrons. The van der Waals surface area contributed by atoms with E-state index >= 15 is 0 Å². The van der Waals surface area contributed by atoms with Crippen LogP contribution in [-0.4, -0.2) is 34.6 Å². The highest BCUT2D eigenvalue weighted by Gasteiger charge is 2.21. The van der Waals surface area contributed by atoms with Crippen molar-refractivity contribution in [1.29, 1.82) is 0 Å². The summed E-state index contributed by atoms with van der Waals surface area (Å²) in [6, 6.07) is 13.6. The van der Waals surface area contributed by atoms with Gasteiger partial charge in [-0.15, -0.1) is 10.2 Å². The van der Waals surface area contributed by atoms with Crippen LogP contribution >= 0.6 is 11.8 Å². The fraction of sp³-hybridized carbons (Fsp3) is 0.250. The van der Waals surface area contributed by atoms with E-state index in [9.17, 15) is 4.79 Å². The molecule has 0 unspecified atom stereocenters. The summed E-state index contributed by atoms with van der Waals surface area (Å²) in [4.78, 5) is 12.1. The van der Waals surface area contributed by atoms with E-state index in [2.05, 4.69) is 22.3 Å². The molecule has 2 N–H and O–H groups in total. The molecule has 0 amide bonds. The predicted octanol–water partition coefficient (Wildman–Crippen LogP) is 2.85. The van der Waals surface area contributed by atoms with Crippen molar-refractivity contribution < 1.29 is 19.0 Å². The molecule has 0 fully saturated rings. The molecule has 4 rings (SSSR count). The molecule has 150 valence electrons. The van der Waals surface area contributed by atoms with Crippen LogP contribution in [0.5, 0.6) is 5.75 Å². The van der Waals surface area contributed by atoms with Gasteiger partial charge >= 0.3 is 5.97 Å². The van der Waals surface area contributed by atoms with Crippen molar-refractivity contribution in [3.05, 3.63) is 64.7 Å². The lowest BCUT2D eigenvalue weighted by molar-refractivity contribution is -0.0171. The molecule has 9 heteroatoms. The third-order valence-corrected chi connectivity index (χ3v) is 5.53. The van der Waals surface area contributed by atoms with Crippen molar-refractivity contribution >= 4 is 23.7 Å². The summed E-state index contributed by atoms with van der Waals surface area (Å²) in [5.41, 5.74) is 9.27. The number of hydrogen-bond donors (Lipinski definition) is 1. The molecular weight excluding hydrogens is 392 g/mol. The summed E-state index contributed by atoms with van der Waals surface area (Å²) in [5, 5.41) is 8.92. The van der Waals surface area contributed by atoms with E-state index in [1.807, 2.05) is 22.8 Å². The zero-order valence-electron chi connectivity index (χ0n) is 15.8. The van der Waals surface area contributed by atoms with Crippen molar-refractivity contribution in [2.75, 3.05) is 19.6 Å². The van der Waals surface area contributed by atoms with Crippen LogP contribution in [0.25, 0.3) is 0 Å². The predicted molar refractivity (Wildman–Crippen MR) is 108 cm³/mol. The third-order valence-electron chi connectivity index (χ3n) is 4.49. The minimum atomic E-state index is -0.421. The topological polar surface area (TPSA) is 101 Å². The number of nitrogens with two attached hydrogens (primary N) is 1. The van der Waals surface area contributed by atoms with Gasteiger partial charge in [-0.1, -0.05) is 42.1 Å². The van der Waals surface area contributed by atoms with E-state index in [1.54, 1.807) is 23.9 Å². The van der Waals surface area contributed by atoms with Gasteiger partial charge in [-0.25, -0.2) is 4.79 Å².